The molecule has 0 aromatic carbocycles. The molecular weight excluding hydrogens is 288 g/mol. The number of carbonyl (C=O) groups excluding carboxylic acids is 1. The fraction of sp³-hybridized carbons (Fsp3) is 0.714. The molecule has 2 rings (SSSR count). The molecule has 2 unspecified atom stereocenters. The van der Waals surface area contributed by atoms with E-state index in [2.05, 4.69) is 27.0 Å². The Morgan fingerprint density at radius 2 is 2.38 bits per heavy atom. The summed E-state index contributed by atoms with van der Waals surface area (Å²) in [5.41, 5.74) is 1.000. The molecule has 0 radical (unpaired) electrons. The molecule has 1 fully saturated rings. The van der Waals surface area contributed by atoms with Crippen LogP contribution in [-0.2, 0) is 11.3 Å². The Hall–Kier alpha value is -1.02. The van der Waals surface area contributed by atoms with Gasteiger partial charge < -0.3 is 10.4 Å². The molecule has 0 saturated carbocycles. The smallest absolute Gasteiger partial charge is 0.223 e. The third-order valence-corrected chi connectivity index (χ3v) is 4.37. The van der Waals surface area contributed by atoms with Crippen molar-refractivity contribution in [2.75, 3.05) is 31.5 Å². The van der Waals surface area contributed by atoms with Gasteiger partial charge in [0, 0.05) is 51.1 Å². The van der Waals surface area contributed by atoms with Gasteiger partial charge in [-0.1, -0.05) is 0 Å². The van der Waals surface area contributed by atoms with Crippen LogP contribution in [0, 0.1) is 0 Å². The van der Waals surface area contributed by atoms with E-state index in [1.165, 1.54) is 18.3 Å². The van der Waals surface area contributed by atoms with Gasteiger partial charge in [0.2, 0.25) is 5.91 Å². The summed E-state index contributed by atoms with van der Waals surface area (Å²) in [6.45, 7) is 9.97. The van der Waals surface area contributed by atoms with Crippen molar-refractivity contribution in [2.24, 2.45) is 0 Å². The van der Waals surface area contributed by atoms with Gasteiger partial charge in [0.05, 0.1) is 11.8 Å². The molecule has 1 aliphatic heterocycles. The Balaban J connectivity index is 1.84. The minimum Gasteiger partial charge on any atom is -0.392 e. The number of aliphatic hydroxyl groups is 1. The lowest BCUT2D eigenvalue weighted by atomic mass is 10.1. The number of carbonyl (C=O) groups is 1. The molecule has 1 aromatic rings. The van der Waals surface area contributed by atoms with Crippen molar-refractivity contribution in [1.82, 2.24) is 14.8 Å². The van der Waals surface area contributed by atoms with Crippen molar-refractivity contribution in [1.29, 1.82) is 0 Å². The van der Waals surface area contributed by atoms with Crippen LogP contribution in [0.4, 0.5) is 5.13 Å². The highest BCUT2D eigenvalue weighted by Crippen LogP contribution is 2.18. The van der Waals surface area contributed by atoms with E-state index < -0.39 is 0 Å². The first-order chi connectivity index (χ1) is 9.94. The van der Waals surface area contributed by atoms with Crippen LogP contribution in [0.5, 0.6) is 0 Å². The van der Waals surface area contributed by atoms with Crippen LogP contribution >= 0.6 is 11.3 Å². The minimum atomic E-state index is -0.280. The summed E-state index contributed by atoms with van der Waals surface area (Å²) >= 11 is 1.46. The van der Waals surface area contributed by atoms with E-state index in [0.717, 1.165) is 38.4 Å². The predicted molar refractivity (Wildman–Crippen MR) is 84.4 cm³/mol. The molecule has 2 atom stereocenters. The first kappa shape index (κ1) is 16.4. The van der Waals surface area contributed by atoms with E-state index in [0.29, 0.717) is 11.2 Å². The summed E-state index contributed by atoms with van der Waals surface area (Å²) < 4.78 is 0. The molecule has 1 aromatic heterocycles. The second kappa shape index (κ2) is 7.31. The zero-order chi connectivity index (χ0) is 15.4. The second-order valence-corrected chi connectivity index (χ2v) is 6.61. The quantitative estimate of drug-likeness (QED) is 0.848. The molecule has 21 heavy (non-hydrogen) atoms. The Morgan fingerprint density at radius 3 is 3.00 bits per heavy atom. The molecule has 0 bridgehead atoms. The van der Waals surface area contributed by atoms with Crippen molar-refractivity contribution >= 4 is 22.4 Å². The number of piperazine rings is 1. The van der Waals surface area contributed by atoms with Crippen molar-refractivity contribution in [2.45, 2.75) is 39.5 Å². The first-order valence-electron chi connectivity index (χ1n) is 7.30. The maximum Gasteiger partial charge on any atom is 0.223 e. The van der Waals surface area contributed by atoms with E-state index in [-0.39, 0.29) is 12.0 Å². The molecule has 1 saturated heterocycles. The van der Waals surface area contributed by atoms with Gasteiger partial charge >= 0.3 is 0 Å². The lowest BCUT2D eigenvalue weighted by molar-refractivity contribution is -0.114. The molecule has 6 nitrogen and oxygen atoms in total. The normalized spacial score (nSPS) is 22.2. The molecular formula is C14H24N4O2S. The number of nitrogens with one attached hydrogen (secondary N) is 1. The van der Waals surface area contributed by atoms with E-state index in [1.807, 2.05) is 12.3 Å². The number of aromatic nitrogens is 1. The van der Waals surface area contributed by atoms with Gasteiger partial charge in [-0.25, -0.2) is 4.98 Å². The van der Waals surface area contributed by atoms with E-state index >= 15 is 0 Å². The van der Waals surface area contributed by atoms with Gasteiger partial charge in [-0.3, -0.25) is 14.6 Å². The third kappa shape index (κ3) is 5.03. The van der Waals surface area contributed by atoms with Crippen molar-refractivity contribution < 1.29 is 9.90 Å². The average molecular weight is 312 g/mol. The fourth-order valence-electron chi connectivity index (χ4n) is 2.64. The topological polar surface area (TPSA) is 68.7 Å². The van der Waals surface area contributed by atoms with Gasteiger partial charge in [-0.05, 0) is 13.8 Å². The lowest BCUT2D eigenvalue weighted by Gasteiger charge is -2.40. The Bertz CT molecular complexity index is 477. The van der Waals surface area contributed by atoms with Crippen LogP contribution in [0.2, 0.25) is 0 Å². The summed E-state index contributed by atoms with van der Waals surface area (Å²) in [4.78, 5) is 20.1. The van der Waals surface area contributed by atoms with Gasteiger partial charge in [0.25, 0.3) is 0 Å². The Labute approximate surface area is 129 Å². The van der Waals surface area contributed by atoms with Crippen LogP contribution in [0.25, 0.3) is 0 Å². The average Bonchev–Trinajstić information content (AvgIpc) is 2.78. The second-order valence-electron chi connectivity index (χ2n) is 5.75. The van der Waals surface area contributed by atoms with E-state index in [9.17, 15) is 9.90 Å². The lowest BCUT2D eigenvalue weighted by Crippen LogP contribution is -2.53. The highest BCUT2D eigenvalue weighted by Gasteiger charge is 2.24. The number of amides is 1. The zero-order valence-corrected chi connectivity index (χ0v) is 13.7. The maximum absolute atomic E-state index is 11.0. The molecule has 2 N–H and O–H groups in total. The number of anilines is 1. The standard InChI is InChI=1S/C14H24N4O2S/c1-10-6-17(4-5-18(10)7-11(2)19)8-13-9-21-14(16-13)15-12(3)20/h9-11,19H,4-8H2,1-3H3,(H,15,16,20). The number of hydrogen-bond acceptors (Lipinski definition) is 6. The molecule has 118 valence electrons. The van der Waals surface area contributed by atoms with Crippen LogP contribution in [0.15, 0.2) is 5.38 Å². The minimum absolute atomic E-state index is 0.0868. The molecule has 0 aliphatic carbocycles. The number of β-amino-alcohol motifs (C(OH)–C–C–N with tert-alkyl or cyclic N) is 1. The monoisotopic (exact) mass is 312 g/mol. The summed E-state index contributed by atoms with van der Waals surface area (Å²) in [6, 6.07) is 0.432. The number of hydrogen-bond donors (Lipinski definition) is 2. The van der Waals surface area contributed by atoms with Crippen LogP contribution in [0.1, 0.15) is 26.5 Å². The number of rotatable bonds is 5. The fourth-order valence-corrected chi connectivity index (χ4v) is 3.39. The van der Waals surface area contributed by atoms with Crippen molar-refractivity contribution in [3.05, 3.63) is 11.1 Å². The summed E-state index contributed by atoms with van der Waals surface area (Å²) in [5.74, 6) is -0.0868. The van der Waals surface area contributed by atoms with Gasteiger partial charge in [-0.2, -0.15) is 0 Å². The maximum atomic E-state index is 11.0. The Morgan fingerprint density at radius 1 is 1.62 bits per heavy atom. The predicted octanol–water partition coefficient (Wildman–Crippen LogP) is 0.988. The van der Waals surface area contributed by atoms with Crippen LogP contribution in [0.3, 0.4) is 0 Å². The highest BCUT2D eigenvalue weighted by molar-refractivity contribution is 7.13. The Kier molecular flexibility index (Phi) is 5.69. The number of aliphatic hydroxyl groups excluding tert-OH is 1. The van der Waals surface area contributed by atoms with Crippen LogP contribution < -0.4 is 5.32 Å². The molecule has 1 amide bonds. The van der Waals surface area contributed by atoms with Gasteiger partial charge in [-0.15, -0.1) is 11.3 Å². The summed E-state index contributed by atoms with van der Waals surface area (Å²) in [6.07, 6.45) is -0.280. The molecule has 2 heterocycles. The van der Waals surface area contributed by atoms with Gasteiger partial charge in [0.1, 0.15) is 0 Å². The molecule has 0 spiro atoms. The highest BCUT2D eigenvalue weighted by atomic mass is 32.1. The molecule has 7 heteroatoms. The summed E-state index contributed by atoms with van der Waals surface area (Å²) in [7, 11) is 0. The third-order valence-electron chi connectivity index (χ3n) is 3.57. The van der Waals surface area contributed by atoms with Crippen molar-refractivity contribution in [3.63, 3.8) is 0 Å². The first-order valence-corrected chi connectivity index (χ1v) is 8.18. The van der Waals surface area contributed by atoms with E-state index in [4.69, 9.17) is 0 Å². The SMILES string of the molecule is CC(=O)Nc1nc(CN2CCN(CC(C)O)C(C)C2)cs1. The van der Waals surface area contributed by atoms with Crippen molar-refractivity contribution in [3.8, 4) is 0 Å². The van der Waals surface area contributed by atoms with Crippen LogP contribution in [-0.4, -0.2) is 64.1 Å². The number of thiazole rings is 1. The zero-order valence-electron chi connectivity index (χ0n) is 12.9. The molecule has 1 aliphatic rings. The number of nitrogens with zero attached hydrogens (tertiary/aromatic N) is 3. The largest absolute Gasteiger partial charge is 0.392 e. The van der Waals surface area contributed by atoms with E-state index in [1.54, 1.807) is 0 Å². The van der Waals surface area contributed by atoms with Gasteiger partial charge in [0.15, 0.2) is 5.13 Å². The summed E-state index contributed by atoms with van der Waals surface area (Å²) in [5, 5.41) is 14.9.